The van der Waals surface area contributed by atoms with E-state index in [0.717, 1.165) is 43.1 Å². The Hall–Kier alpha value is -1.97. The van der Waals surface area contributed by atoms with Gasteiger partial charge in [0.15, 0.2) is 0 Å². The summed E-state index contributed by atoms with van der Waals surface area (Å²) in [5, 5.41) is 0. The van der Waals surface area contributed by atoms with Crippen LogP contribution >= 0.6 is 0 Å². The minimum Gasteiger partial charge on any atom is -0.299 e. The molecule has 0 bridgehead atoms. The molecule has 0 spiro atoms. The van der Waals surface area contributed by atoms with Gasteiger partial charge in [0.1, 0.15) is 5.82 Å². The van der Waals surface area contributed by atoms with E-state index in [1.807, 2.05) is 6.07 Å². The third kappa shape index (κ3) is 4.62. The molecule has 1 N–H and O–H groups in total. The van der Waals surface area contributed by atoms with Gasteiger partial charge in [0.2, 0.25) is 10.9 Å². The summed E-state index contributed by atoms with van der Waals surface area (Å²) in [6, 6.07) is 9.00. The van der Waals surface area contributed by atoms with Gasteiger partial charge >= 0.3 is 6.18 Å². The molecule has 0 aromatic heterocycles. The van der Waals surface area contributed by atoms with E-state index in [0.29, 0.717) is 36.8 Å². The molecule has 9 heteroatoms. The van der Waals surface area contributed by atoms with E-state index in [4.69, 9.17) is 0 Å². The van der Waals surface area contributed by atoms with Crippen LogP contribution < -0.4 is 4.72 Å². The summed E-state index contributed by atoms with van der Waals surface area (Å²) in [4.78, 5) is 2.34. The Morgan fingerprint density at radius 2 is 1.85 bits per heavy atom. The molecule has 2 aromatic rings. The molecular formula is C25H28F4N2O2S. The number of likely N-dealkylation sites (tertiary alicyclic amines) is 1. The van der Waals surface area contributed by atoms with Crippen LogP contribution in [-0.4, -0.2) is 38.0 Å². The molecular weight excluding hydrogens is 468 g/mol. The van der Waals surface area contributed by atoms with Crippen LogP contribution in [0.2, 0.25) is 0 Å². The minimum atomic E-state index is -4.40. The zero-order valence-electron chi connectivity index (χ0n) is 18.7. The summed E-state index contributed by atoms with van der Waals surface area (Å²) in [5.41, 5.74) is 1.67. The van der Waals surface area contributed by atoms with E-state index in [2.05, 4.69) is 9.62 Å². The highest BCUT2D eigenvalue weighted by molar-refractivity contribution is 7.70. The van der Waals surface area contributed by atoms with Crippen LogP contribution in [-0.2, 0) is 36.3 Å². The van der Waals surface area contributed by atoms with Crippen molar-refractivity contribution < 1.29 is 26.0 Å². The van der Waals surface area contributed by atoms with Crippen LogP contribution in [0, 0.1) is 5.82 Å². The van der Waals surface area contributed by atoms with E-state index in [-0.39, 0.29) is 24.2 Å². The van der Waals surface area contributed by atoms with Gasteiger partial charge in [-0.1, -0.05) is 24.3 Å². The maximum atomic E-state index is 15.1. The highest BCUT2D eigenvalue weighted by Gasteiger charge is 2.42. The number of fused-ring (bicyclic) bond motifs is 1. The van der Waals surface area contributed by atoms with Crippen molar-refractivity contribution in [3.8, 4) is 0 Å². The highest BCUT2D eigenvalue weighted by Crippen LogP contribution is 2.43. The quantitative estimate of drug-likeness (QED) is 0.442. The van der Waals surface area contributed by atoms with Crippen molar-refractivity contribution in [1.82, 2.24) is 9.62 Å². The SMILES string of the molecule is O=[SH](=O)NC1(Cc2cc3c(cc2F)CC(N2CCC2)C3Cc2cccc(C(F)(F)F)c2)CCC1. The minimum absolute atomic E-state index is 0.0421. The Balaban J connectivity index is 1.47. The van der Waals surface area contributed by atoms with Crippen molar-refractivity contribution in [1.29, 1.82) is 0 Å². The van der Waals surface area contributed by atoms with Crippen molar-refractivity contribution in [2.45, 2.75) is 68.6 Å². The average molecular weight is 497 g/mol. The standard InChI is InChI=1S/C25H28F4N2O2S/c26-22-13-17-14-23(31-8-3-9-31)21(11-16-4-1-5-19(10-16)25(27,28)29)20(17)12-18(22)15-24(6-2-7-24)30-34(32)33/h1,4-5,10,12-13,21,23,34H,2-3,6-9,11,14-15H2,(H,30,32,33). The molecule has 2 unspecified atom stereocenters. The zero-order valence-corrected chi connectivity index (χ0v) is 19.6. The molecule has 4 nitrogen and oxygen atoms in total. The van der Waals surface area contributed by atoms with Gasteiger partial charge in [-0.3, -0.25) is 4.90 Å². The van der Waals surface area contributed by atoms with Crippen LogP contribution in [0.1, 0.15) is 59.4 Å². The first-order valence-corrected chi connectivity index (χ1v) is 12.9. The summed E-state index contributed by atoms with van der Waals surface area (Å²) in [7, 11) is -2.79. The van der Waals surface area contributed by atoms with Crippen LogP contribution in [0.25, 0.3) is 0 Å². The van der Waals surface area contributed by atoms with Gasteiger partial charge in [-0.05, 0) is 92.4 Å². The topological polar surface area (TPSA) is 49.4 Å². The molecule has 0 amide bonds. The first-order valence-electron chi connectivity index (χ1n) is 11.8. The smallest absolute Gasteiger partial charge is 0.299 e. The summed E-state index contributed by atoms with van der Waals surface area (Å²) in [6.45, 7) is 1.88. The molecule has 1 saturated carbocycles. The van der Waals surface area contributed by atoms with Crippen molar-refractivity contribution in [2.24, 2.45) is 0 Å². The monoisotopic (exact) mass is 496 g/mol. The lowest BCUT2D eigenvalue weighted by atomic mass is 9.73. The molecule has 2 atom stereocenters. The predicted octanol–water partition coefficient (Wildman–Crippen LogP) is 4.38. The van der Waals surface area contributed by atoms with Gasteiger partial charge < -0.3 is 0 Å². The third-order valence-corrected chi connectivity index (χ3v) is 8.50. The number of alkyl halides is 3. The van der Waals surface area contributed by atoms with E-state index >= 15 is 4.39 Å². The molecule has 1 aliphatic heterocycles. The fourth-order valence-corrected chi connectivity index (χ4v) is 6.52. The van der Waals surface area contributed by atoms with Crippen LogP contribution in [0.3, 0.4) is 0 Å². The van der Waals surface area contributed by atoms with Gasteiger partial charge in [-0.25, -0.2) is 17.5 Å². The lowest BCUT2D eigenvalue weighted by molar-refractivity contribution is -0.137. The largest absolute Gasteiger partial charge is 0.416 e. The normalized spacial score (nSPS) is 24.0. The number of nitrogens with zero attached hydrogens (tertiary/aromatic N) is 1. The summed E-state index contributed by atoms with van der Waals surface area (Å²) < 4.78 is 80.2. The molecule has 184 valence electrons. The predicted molar refractivity (Wildman–Crippen MR) is 122 cm³/mol. The molecule has 2 aliphatic carbocycles. The highest BCUT2D eigenvalue weighted by atomic mass is 32.2. The lowest BCUT2D eigenvalue weighted by Gasteiger charge is -2.41. The number of hydrogen-bond acceptors (Lipinski definition) is 3. The van der Waals surface area contributed by atoms with Crippen molar-refractivity contribution >= 4 is 10.9 Å². The second-order valence-electron chi connectivity index (χ2n) is 9.99. The fraction of sp³-hybridized carbons (Fsp3) is 0.520. The number of thiol groups is 1. The number of rotatable bonds is 7. The number of halogens is 4. The van der Waals surface area contributed by atoms with Gasteiger partial charge in [0.05, 0.1) is 5.56 Å². The Morgan fingerprint density at radius 3 is 2.44 bits per heavy atom. The molecule has 2 aromatic carbocycles. The fourth-order valence-electron chi connectivity index (χ4n) is 5.83. The molecule has 5 rings (SSSR count). The van der Waals surface area contributed by atoms with E-state index in [9.17, 15) is 21.6 Å². The van der Waals surface area contributed by atoms with Gasteiger partial charge in [0, 0.05) is 17.5 Å². The van der Waals surface area contributed by atoms with Crippen LogP contribution in [0.4, 0.5) is 17.6 Å². The van der Waals surface area contributed by atoms with Crippen LogP contribution in [0.15, 0.2) is 36.4 Å². The Bertz CT molecular complexity index is 1150. The number of nitrogens with one attached hydrogen (secondary N) is 1. The number of benzene rings is 2. The van der Waals surface area contributed by atoms with Gasteiger partial charge in [0.25, 0.3) is 0 Å². The Labute approximate surface area is 198 Å². The van der Waals surface area contributed by atoms with E-state index in [1.54, 1.807) is 12.1 Å². The van der Waals surface area contributed by atoms with Crippen molar-refractivity contribution in [3.63, 3.8) is 0 Å². The molecule has 2 fully saturated rings. The van der Waals surface area contributed by atoms with Crippen LogP contribution in [0.5, 0.6) is 0 Å². The Morgan fingerprint density at radius 1 is 1.09 bits per heavy atom. The molecule has 3 aliphatic rings. The lowest BCUT2D eigenvalue weighted by Crippen LogP contribution is -2.52. The first kappa shape index (κ1) is 23.8. The van der Waals surface area contributed by atoms with Gasteiger partial charge in [-0.15, -0.1) is 0 Å². The maximum absolute atomic E-state index is 15.1. The van der Waals surface area contributed by atoms with Gasteiger partial charge in [-0.2, -0.15) is 13.2 Å². The molecule has 1 heterocycles. The Kier molecular flexibility index (Phi) is 6.23. The first-order chi connectivity index (χ1) is 16.1. The molecule has 34 heavy (non-hydrogen) atoms. The summed E-state index contributed by atoms with van der Waals surface area (Å²) in [6.07, 6.45) is 0.296. The van der Waals surface area contributed by atoms with Crippen molar-refractivity contribution in [2.75, 3.05) is 13.1 Å². The summed E-state index contributed by atoms with van der Waals surface area (Å²) >= 11 is 0. The second-order valence-corrected chi connectivity index (χ2v) is 10.7. The van der Waals surface area contributed by atoms with E-state index < -0.39 is 28.2 Å². The third-order valence-electron chi connectivity index (χ3n) is 7.84. The van der Waals surface area contributed by atoms with Crippen molar-refractivity contribution in [3.05, 3.63) is 70.0 Å². The second kappa shape index (κ2) is 8.91. The summed E-state index contributed by atoms with van der Waals surface area (Å²) in [5.74, 6) is -0.380. The maximum Gasteiger partial charge on any atom is 0.416 e. The average Bonchev–Trinajstić information content (AvgIpc) is 3.01. The van der Waals surface area contributed by atoms with E-state index in [1.165, 1.54) is 12.1 Å². The zero-order chi connectivity index (χ0) is 24.1. The molecule has 1 saturated heterocycles. The molecule has 0 radical (unpaired) electrons. The number of hydrogen-bond donors (Lipinski definition) is 2.